The number of carbonyl (C=O) groups is 2. The number of hydrogen-bond donors (Lipinski definition) is 0. The standard InChI is InChI=1S/C19H24F3N3O3/c1-17(2,3)28-16(27)24-7-4-18(5-8-24)6-9-25(15(18)26)14-10-13(11-23-12-14)19(20,21)22/h10-12H,4-9H2,1-3H3. The number of hydrogen-bond acceptors (Lipinski definition) is 4. The van der Waals surface area contributed by atoms with Gasteiger partial charge in [0.05, 0.1) is 22.9 Å². The molecule has 0 radical (unpaired) electrons. The van der Waals surface area contributed by atoms with Crippen LogP contribution in [0.2, 0.25) is 0 Å². The van der Waals surface area contributed by atoms with Crippen molar-refractivity contribution in [1.29, 1.82) is 0 Å². The van der Waals surface area contributed by atoms with Gasteiger partial charge in [-0.2, -0.15) is 13.2 Å². The highest BCUT2D eigenvalue weighted by molar-refractivity contribution is 6.00. The molecule has 0 N–H and O–H groups in total. The molecular formula is C19H24F3N3O3. The van der Waals surface area contributed by atoms with E-state index in [9.17, 15) is 22.8 Å². The van der Waals surface area contributed by atoms with Crippen molar-refractivity contribution in [1.82, 2.24) is 9.88 Å². The lowest BCUT2D eigenvalue weighted by molar-refractivity contribution is -0.138. The van der Waals surface area contributed by atoms with E-state index in [1.165, 1.54) is 11.1 Å². The summed E-state index contributed by atoms with van der Waals surface area (Å²) < 4.78 is 44.2. The fourth-order valence-corrected chi connectivity index (χ4v) is 3.71. The van der Waals surface area contributed by atoms with Gasteiger partial charge in [0.25, 0.3) is 0 Å². The summed E-state index contributed by atoms with van der Waals surface area (Å²) in [5.41, 5.74) is -1.96. The van der Waals surface area contributed by atoms with Crippen LogP contribution in [0.25, 0.3) is 0 Å². The van der Waals surface area contributed by atoms with Gasteiger partial charge >= 0.3 is 12.3 Å². The minimum Gasteiger partial charge on any atom is -0.444 e. The molecule has 3 rings (SSSR count). The van der Waals surface area contributed by atoms with Crippen LogP contribution < -0.4 is 4.90 Å². The van der Waals surface area contributed by atoms with Gasteiger partial charge in [-0.3, -0.25) is 9.78 Å². The number of rotatable bonds is 1. The minimum absolute atomic E-state index is 0.159. The first-order valence-electron chi connectivity index (χ1n) is 9.23. The molecule has 2 aliphatic heterocycles. The number of halogens is 3. The summed E-state index contributed by atoms with van der Waals surface area (Å²) in [5.74, 6) is -0.197. The van der Waals surface area contributed by atoms with E-state index in [-0.39, 0.29) is 11.6 Å². The number of amides is 2. The smallest absolute Gasteiger partial charge is 0.417 e. The lowest BCUT2D eigenvalue weighted by atomic mass is 9.77. The molecule has 1 aromatic rings. The van der Waals surface area contributed by atoms with Crippen molar-refractivity contribution in [3.05, 3.63) is 24.0 Å². The van der Waals surface area contributed by atoms with Crippen LogP contribution in [-0.4, -0.2) is 47.1 Å². The molecule has 2 amide bonds. The minimum atomic E-state index is -4.51. The Morgan fingerprint density at radius 1 is 1.11 bits per heavy atom. The summed E-state index contributed by atoms with van der Waals surface area (Å²) in [7, 11) is 0. The van der Waals surface area contributed by atoms with Crippen molar-refractivity contribution in [3.63, 3.8) is 0 Å². The Bertz CT molecular complexity index is 766. The number of nitrogens with zero attached hydrogens (tertiary/aromatic N) is 3. The van der Waals surface area contributed by atoms with Gasteiger partial charge in [-0.05, 0) is 46.1 Å². The van der Waals surface area contributed by atoms with Gasteiger partial charge in [0.1, 0.15) is 5.60 Å². The molecular weight excluding hydrogens is 375 g/mol. The number of anilines is 1. The average molecular weight is 399 g/mol. The van der Waals surface area contributed by atoms with Crippen LogP contribution in [0, 0.1) is 5.41 Å². The van der Waals surface area contributed by atoms with Crippen LogP contribution in [0.1, 0.15) is 45.6 Å². The fourth-order valence-electron chi connectivity index (χ4n) is 3.71. The lowest BCUT2D eigenvalue weighted by Gasteiger charge is -2.38. The molecule has 2 aliphatic rings. The molecule has 0 atom stereocenters. The van der Waals surface area contributed by atoms with Gasteiger partial charge in [-0.15, -0.1) is 0 Å². The number of alkyl halides is 3. The third-order valence-electron chi connectivity index (χ3n) is 5.25. The van der Waals surface area contributed by atoms with Crippen molar-refractivity contribution in [2.24, 2.45) is 5.41 Å². The number of aromatic nitrogens is 1. The normalized spacial score (nSPS) is 20.0. The molecule has 28 heavy (non-hydrogen) atoms. The Labute approximate surface area is 161 Å². The summed E-state index contributed by atoms with van der Waals surface area (Å²) in [6.45, 7) is 6.48. The van der Waals surface area contributed by atoms with E-state index >= 15 is 0 Å². The van der Waals surface area contributed by atoms with E-state index in [0.717, 1.165) is 12.3 Å². The van der Waals surface area contributed by atoms with E-state index < -0.39 is 28.8 Å². The van der Waals surface area contributed by atoms with Crippen molar-refractivity contribution in [2.45, 2.75) is 51.8 Å². The third kappa shape index (κ3) is 4.07. The Morgan fingerprint density at radius 2 is 1.71 bits per heavy atom. The zero-order valence-corrected chi connectivity index (χ0v) is 16.2. The van der Waals surface area contributed by atoms with Gasteiger partial charge in [-0.1, -0.05) is 0 Å². The molecule has 2 fully saturated rings. The van der Waals surface area contributed by atoms with E-state index in [0.29, 0.717) is 38.9 Å². The number of pyridine rings is 1. The van der Waals surface area contributed by atoms with E-state index in [2.05, 4.69) is 4.98 Å². The van der Waals surface area contributed by atoms with Gasteiger partial charge < -0.3 is 14.5 Å². The monoisotopic (exact) mass is 399 g/mol. The second-order valence-electron chi connectivity index (χ2n) is 8.38. The van der Waals surface area contributed by atoms with Crippen molar-refractivity contribution in [2.75, 3.05) is 24.5 Å². The molecule has 0 bridgehead atoms. The van der Waals surface area contributed by atoms with Crippen LogP contribution in [0.5, 0.6) is 0 Å². The number of piperidine rings is 1. The van der Waals surface area contributed by atoms with Crippen LogP contribution >= 0.6 is 0 Å². The van der Waals surface area contributed by atoms with Gasteiger partial charge in [0.15, 0.2) is 0 Å². The van der Waals surface area contributed by atoms with E-state index in [4.69, 9.17) is 4.74 Å². The molecule has 1 spiro atoms. The molecule has 0 saturated carbocycles. The predicted octanol–water partition coefficient (Wildman–Crippen LogP) is 3.85. The molecule has 0 aliphatic carbocycles. The van der Waals surface area contributed by atoms with Crippen molar-refractivity contribution >= 4 is 17.7 Å². The maximum Gasteiger partial charge on any atom is 0.417 e. The second kappa shape index (κ2) is 6.93. The van der Waals surface area contributed by atoms with Gasteiger partial charge in [0.2, 0.25) is 5.91 Å². The Kier molecular flexibility index (Phi) is 5.05. The second-order valence-corrected chi connectivity index (χ2v) is 8.38. The van der Waals surface area contributed by atoms with Gasteiger partial charge in [0, 0.05) is 25.8 Å². The fraction of sp³-hybridized carbons (Fsp3) is 0.632. The number of likely N-dealkylation sites (tertiary alicyclic amines) is 1. The Balaban J connectivity index is 1.69. The highest BCUT2D eigenvalue weighted by Gasteiger charge is 2.49. The molecule has 0 unspecified atom stereocenters. The van der Waals surface area contributed by atoms with Crippen molar-refractivity contribution in [3.8, 4) is 0 Å². The average Bonchev–Trinajstić information content (AvgIpc) is 2.90. The quantitative estimate of drug-likeness (QED) is 0.720. The van der Waals surface area contributed by atoms with E-state index in [1.807, 2.05) is 0 Å². The maximum atomic E-state index is 13.0. The van der Waals surface area contributed by atoms with Gasteiger partial charge in [-0.25, -0.2) is 4.79 Å². The summed E-state index contributed by atoms with van der Waals surface area (Å²) in [6.07, 6.45) is -1.41. The summed E-state index contributed by atoms with van der Waals surface area (Å²) in [4.78, 5) is 31.9. The molecule has 2 saturated heterocycles. The van der Waals surface area contributed by atoms with E-state index in [1.54, 1.807) is 25.7 Å². The Hall–Kier alpha value is -2.32. The molecule has 9 heteroatoms. The SMILES string of the molecule is CC(C)(C)OC(=O)N1CCC2(CC1)CCN(c1cncc(C(F)(F)F)c1)C2=O. The zero-order chi connectivity index (χ0) is 20.7. The first-order chi connectivity index (χ1) is 12.9. The summed E-state index contributed by atoms with van der Waals surface area (Å²) in [5, 5.41) is 0. The predicted molar refractivity (Wildman–Crippen MR) is 95.7 cm³/mol. The third-order valence-corrected chi connectivity index (χ3v) is 5.25. The van der Waals surface area contributed by atoms with Crippen LogP contribution in [0.15, 0.2) is 18.5 Å². The van der Waals surface area contributed by atoms with Crippen LogP contribution in [0.4, 0.5) is 23.7 Å². The topological polar surface area (TPSA) is 62.7 Å². The molecule has 6 nitrogen and oxygen atoms in total. The molecule has 154 valence electrons. The maximum absolute atomic E-state index is 13.0. The molecule has 1 aromatic heterocycles. The number of ether oxygens (including phenoxy) is 1. The molecule has 3 heterocycles. The summed E-state index contributed by atoms with van der Waals surface area (Å²) in [6, 6.07) is 0.958. The first-order valence-corrected chi connectivity index (χ1v) is 9.23. The highest BCUT2D eigenvalue weighted by Crippen LogP contribution is 2.43. The summed E-state index contributed by atoms with van der Waals surface area (Å²) >= 11 is 0. The molecule has 0 aromatic carbocycles. The number of carbonyl (C=O) groups excluding carboxylic acids is 2. The van der Waals surface area contributed by atoms with Crippen molar-refractivity contribution < 1.29 is 27.5 Å². The Morgan fingerprint density at radius 3 is 2.29 bits per heavy atom. The lowest BCUT2D eigenvalue weighted by Crippen LogP contribution is -2.48. The van der Waals surface area contributed by atoms with Crippen LogP contribution in [0.3, 0.4) is 0 Å². The first kappa shape index (κ1) is 20.4. The zero-order valence-electron chi connectivity index (χ0n) is 16.2. The highest BCUT2D eigenvalue weighted by atomic mass is 19.4. The van der Waals surface area contributed by atoms with Crippen LogP contribution in [-0.2, 0) is 15.7 Å². The largest absolute Gasteiger partial charge is 0.444 e.